The highest BCUT2D eigenvalue weighted by molar-refractivity contribution is 5.36. The van der Waals surface area contributed by atoms with E-state index in [2.05, 4.69) is 39.6 Å². The summed E-state index contributed by atoms with van der Waals surface area (Å²) < 4.78 is 3.77. The van der Waals surface area contributed by atoms with E-state index in [1.165, 1.54) is 0 Å². The highest BCUT2D eigenvalue weighted by Crippen LogP contribution is 2.05. The van der Waals surface area contributed by atoms with Gasteiger partial charge in [0, 0.05) is 12.4 Å². The minimum absolute atomic E-state index is 0.572. The van der Waals surface area contributed by atoms with Crippen LogP contribution >= 0.6 is 0 Å². The predicted molar refractivity (Wildman–Crippen MR) is 79.9 cm³/mol. The van der Waals surface area contributed by atoms with Crippen molar-refractivity contribution in [2.45, 2.75) is 32.7 Å². The summed E-state index contributed by atoms with van der Waals surface area (Å²) in [6.45, 7) is 2.71. The first-order valence-electron chi connectivity index (χ1n) is 7.19. The fourth-order valence-corrected chi connectivity index (χ4v) is 2.19. The monoisotopic (exact) mass is 282 g/mol. The van der Waals surface area contributed by atoms with Gasteiger partial charge in [-0.2, -0.15) is 0 Å². The van der Waals surface area contributed by atoms with Crippen molar-refractivity contribution in [3.05, 3.63) is 54.3 Å². The van der Waals surface area contributed by atoms with Gasteiger partial charge in [0.05, 0.1) is 5.69 Å². The van der Waals surface area contributed by atoms with Crippen molar-refractivity contribution >= 4 is 5.65 Å². The molecule has 21 heavy (non-hydrogen) atoms. The predicted octanol–water partition coefficient (Wildman–Crippen LogP) is 2.27. The molecule has 0 radical (unpaired) electrons. The third-order valence-corrected chi connectivity index (χ3v) is 3.24. The van der Waals surface area contributed by atoms with Gasteiger partial charge >= 0.3 is 0 Å². The lowest BCUT2D eigenvalue weighted by atomic mass is 10.2. The van der Waals surface area contributed by atoms with Gasteiger partial charge in [-0.05, 0) is 31.4 Å². The maximum Gasteiger partial charge on any atom is 0.160 e. The van der Waals surface area contributed by atoms with Crippen molar-refractivity contribution < 1.29 is 0 Å². The number of allylic oxidation sites excluding steroid dienone is 2. The summed E-state index contributed by atoms with van der Waals surface area (Å²) in [4.78, 5) is 0. The van der Waals surface area contributed by atoms with Crippen LogP contribution in [-0.4, -0.2) is 29.6 Å². The molecule has 6 nitrogen and oxygen atoms in total. The average Bonchev–Trinajstić information content (AvgIpc) is 3.12. The van der Waals surface area contributed by atoms with E-state index >= 15 is 0 Å². The van der Waals surface area contributed by atoms with Gasteiger partial charge in [0.25, 0.3) is 0 Å². The van der Waals surface area contributed by atoms with Crippen LogP contribution in [0.5, 0.6) is 0 Å². The summed E-state index contributed by atoms with van der Waals surface area (Å²) in [5.74, 6) is 0.855. The van der Waals surface area contributed by atoms with Gasteiger partial charge in [-0.15, -0.1) is 15.3 Å². The molecular formula is C15H18N6. The lowest BCUT2D eigenvalue weighted by Gasteiger charge is -1.98. The fraction of sp³-hybridized carbons (Fsp3) is 0.333. The van der Waals surface area contributed by atoms with Crippen molar-refractivity contribution in [2.75, 3.05) is 0 Å². The van der Waals surface area contributed by atoms with Crippen LogP contribution in [0.4, 0.5) is 0 Å². The van der Waals surface area contributed by atoms with E-state index in [-0.39, 0.29) is 0 Å². The smallest absolute Gasteiger partial charge is 0.160 e. The molecule has 3 heterocycles. The van der Waals surface area contributed by atoms with Crippen LogP contribution in [0.1, 0.15) is 31.3 Å². The maximum atomic E-state index is 4.20. The molecule has 108 valence electrons. The molecule has 0 bridgehead atoms. The quantitative estimate of drug-likeness (QED) is 0.651. The Hall–Kier alpha value is -2.50. The third kappa shape index (κ3) is 3.16. The zero-order valence-corrected chi connectivity index (χ0v) is 12.1. The molecule has 0 aromatic carbocycles. The summed E-state index contributed by atoms with van der Waals surface area (Å²) >= 11 is 0. The molecule has 0 aliphatic rings. The third-order valence-electron chi connectivity index (χ3n) is 3.24. The van der Waals surface area contributed by atoms with Gasteiger partial charge in [-0.25, -0.2) is 4.68 Å². The molecular weight excluding hydrogens is 264 g/mol. The standard InChI is InChI=1S/C15H18N6/c1-2-3-4-5-8-13-11-20(19-16-13)12-15-18-17-14-9-6-7-10-21(14)15/h3-4,6-7,9-11H,2,5,8,12H2,1H3/b4-3-. The number of fused-ring (bicyclic) bond motifs is 1. The van der Waals surface area contributed by atoms with E-state index in [0.29, 0.717) is 6.54 Å². The normalized spacial score (nSPS) is 11.7. The first kappa shape index (κ1) is 13.5. The molecule has 0 spiro atoms. The Morgan fingerprint density at radius 3 is 3.00 bits per heavy atom. The van der Waals surface area contributed by atoms with E-state index in [1.807, 2.05) is 39.7 Å². The number of nitrogens with zero attached hydrogens (tertiary/aromatic N) is 6. The molecule has 3 aromatic heterocycles. The summed E-state index contributed by atoms with van der Waals surface area (Å²) in [5.41, 5.74) is 1.85. The molecule has 0 saturated carbocycles. The highest BCUT2D eigenvalue weighted by atomic mass is 15.4. The van der Waals surface area contributed by atoms with Crippen LogP contribution in [0.25, 0.3) is 5.65 Å². The Kier molecular flexibility index (Phi) is 4.04. The van der Waals surface area contributed by atoms with Gasteiger partial charge in [-0.1, -0.05) is 30.4 Å². The topological polar surface area (TPSA) is 60.9 Å². The zero-order valence-electron chi connectivity index (χ0n) is 12.1. The van der Waals surface area contributed by atoms with Crippen LogP contribution in [0.3, 0.4) is 0 Å². The Balaban J connectivity index is 1.68. The first-order valence-corrected chi connectivity index (χ1v) is 7.19. The summed E-state index contributed by atoms with van der Waals surface area (Å²) in [6.07, 6.45) is 11.3. The van der Waals surface area contributed by atoms with Crippen LogP contribution < -0.4 is 0 Å². The minimum atomic E-state index is 0.572. The van der Waals surface area contributed by atoms with E-state index in [9.17, 15) is 0 Å². The number of rotatable bonds is 6. The Labute approximate surface area is 123 Å². The number of aryl methyl sites for hydroxylation is 1. The van der Waals surface area contributed by atoms with Crippen LogP contribution in [0.2, 0.25) is 0 Å². The van der Waals surface area contributed by atoms with Gasteiger partial charge < -0.3 is 0 Å². The average molecular weight is 282 g/mol. The summed E-state index contributed by atoms with van der Waals surface area (Å²) in [6, 6.07) is 5.85. The molecule has 0 aliphatic heterocycles. The summed E-state index contributed by atoms with van der Waals surface area (Å²) in [7, 11) is 0. The van der Waals surface area contributed by atoms with Crippen LogP contribution in [-0.2, 0) is 13.0 Å². The van der Waals surface area contributed by atoms with E-state index in [4.69, 9.17) is 0 Å². The molecule has 0 saturated heterocycles. The molecule has 6 heteroatoms. The molecule has 0 amide bonds. The van der Waals surface area contributed by atoms with Crippen molar-refractivity contribution in [3.8, 4) is 0 Å². The number of hydrogen-bond acceptors (Lipinski definition) is 4. The van der Waals surface area contributed by atoms with Gasteiger partial charge in [0.1, 0.15) is 6.54 Å². The SMILES string of the molecule is CC/C=C\CCc1cn(Cc2nnc3ccccn23)nn1. The molecule has 3 aromatic rings. The van der Waals surface area contributed by atoms with Crippen LogP contribution in [0.15, 0.2) is 42.7 Å². The highest BCUT2D eigenvalue weighted by Gasteiger charge is 2.07. The first-order chi connectivity index (χ1) is 10.4. The summed E-state index contributed by atoms with van der Waals surface area (Å²) in [5, 5.41) is 16.7. The van der Waals surface area contributed by atoms with Crippen molar-refractivity contribution in [3.63, 3.8) is 0 Å². The number of hydrogen-bond donors (Lipinski definition) is 0. The Morgan fingerprint density at radius 1 is 1.14 bits per heavy atom. The Morgan fingerprint density at radius 2 is 2.10 bits per heavy atom. The van der Waals surface area contributed by atoms with Gasteiger partial charge in [0.2, 0.25) is 0 Å². The van der Waals surface area contributed by atoms with Crippen molar-refractivity contribution in [2.24, 2.45) is 0 Å². The molecule has 3 rings (SSSR count). The number of pyridine rings is 1. The van der Waals surface area contributed by atoms with Gasteiger partial charge in [0.15, 0.2) is 11.5 Å². The van der Waals surface area contributed by atoms with Crippen molar-refractivity contribution in [1.82, 2.24) is 29.6 Å². The van der Waals surface area contributed by atoms with E-state index < -0.39 is 0 Å². The molecule has 0 aliphatic carbocycles. The van der Waals surface area contributed by atoms with E-state index in [0.717, 1.165) is 36.4 Å². The largest absolute Gasteiger partial charge is 0.285 e. The minimum Gasteiger partial charge on any atom is -0.285 e. The molecule has 0 fully saturated rings. The molecule has 0 atom stereocenters. The lowest BCUT2D eigenvalue weighted by Crippen LogP contribution is -2.04. The zero-order chi connectivity index (χ0) is 14.5. The maximum absolute atomic E-state index is 4.20. The second kappa shape index (κ2) is 6.30. The fourth-order valence-electron chi connectivity index (χ4n) is 2.19. The van der Waals surface area contributed by atoms with Gasteiger partial charge in [-0.3, -0.25) is 4.40 Å². The second-order valence-electron chi connectivity index (χ2n) is 4.87. The number of aromatic nitrogens is 6. The van der Waals surface area contributed by atoms with E-state index in [1.54, 1.807) is 0 Å². The Bertz CT molecular complexity index is 739. The van der Waals surface area contributed by atoms with Crippen molar-refractivity contribution in [1.29, 1.82) is 0 Å². The molecule has 0 N–H and O–H groups in total. The second-order valence-corrected chi connectivity index (χ2v) is 4.87. The molecule has 0 unspecified atom stereocenters. The lowest BCUT2D eigenvalue weighted by molar-refractivity contribution is 0.620. The van der Waals surface area contributed by atoms with Crippen LogP contribution in [0, 0.1) is 0 Å².